The average Bonchev–Trinajstić information content (AvgIpc) is 2.51. The predicted octanol–water partition coefficient (Wildman–Crippen LogP) is 5.23. The largest absolute Gasteiger partial charge is 0.202 e. The van der Waals surface area contributed by atoms with Gasteiger partial charge in [0.05, 0.1) is 0 Å². The van der Waals surface area contributed by atoms with Gasteiger partial charge in [-0.05, 0) is 29.5 Å². The topological polar surface area (TPSA) is 23.8 Å². The van der Waals surface area contributed by atoms with E-state index < -0.39 is 0 Å². The molecule has 1 heteroatoms. The van der Waals surface area contributed by atoms with Crippen LogP contribution in [0.5, 0.6) is 0 Å². The molecule has 19 heavy (non-hydrogen) atoms. The monoisotopic (exact) mass is 251 g/mol. The minimum atomic E-state index is 1.19. The van der Waals surface area contributed by atoms with E-state index in [0.29, 0.717) is 0 Å². The van der Waals surface area contributed by atoms with Crippen molar-refractivity contribution in [3.63, 3.8) is 0 Å². The molecule has 0 atom stereocenters. The van der Waals surface area contributed by atoms with Crippen LogP contribution in [0, 0.1) is 11.8 Å². The van der Waals surface area contributed by atoms with E-state index in [4.69, 9.17) is 5.26 Å². The molecule has 0 aliphatic carbocycles. The number of aryl methyl sites for hydroxylation is 1. The molecule has 0 unspecified atom stereocenters. The van der Waals surface area contributed by atoms with Crippen LogP contribution in [-0.2, 0) is 6.42 Å². The Bertz CT molecular complexity index is 485. The molecule has 1 nitrogen and oxygen atoms in total. The van der Waals surface area contributed by atoms with Crippen molar-refractivity contribution in [1.29, 1.82) is 5.26 Å². The molecule has 0 N–H and O–H groups in total. The van der Waals surface area contributed by atoms with Crippen LogP contribution in [0.15, 0.2) is 54.6 Å². The molecule has 0 amide bonds. The zero-order chi connectivity index (χ0) is 13.9. The summed E-state index contributed by atoms with van der Waals surface area (Å²) in [6, 6.07) is 19.4. The molecule has 0 saturated heterocycles. The summed E-state index contributed by atoms with van der Waals surface area (Å²) >= 11 is 0. The molecule has 2 aromatic rings. The molecule has 0 aromatic heterocycles. The maximum absolute atomic E-state index is 6.50. The first-order valence-corrected chi connectivity index (χ1v) is 6.81. The lowest BCUT2D eigenvalue weighted by Gasteiger charge is -2.09. The van der Waals surface area contributed by atoms with Gasteiger partial charge in [0.1, 0.15) is 0 Å². The maximum Gasteiger partial charge on any atom is 0.0462 e. The lowest BCUT2D eigenvalue weighted by atomic mass is 9.96. The van der Waals surface area contributed by atoms with Gasteiger partial charge in [0.15, 0.2) is 0 Å². The summed E-state index contributed by atoms with van der Waals surface area (Å²) in [5.74, 6) is 0. The number of unbranched alkanes of at least 4 members (excludes halogenated alkanes) is 2. The minimum Gasteiger partial charge on any atom is -0.202 e. The lowest BCUT2D eigenvalue weighted by molar-refractivity contribution is 0.718. The normalized spacial score (nSPS) is 9.42. The van der Waals surface area contributed by atoms with Crippen LogP contribution in [-0.4, -0.2) is 0 Å². The van der Waals surface area contributed by atoms with Crippen LogP contribution in [0.1, 0.15) is 31.7 Å². The van der Waals surface area contributed by atoms with Gasteiger partial charge in [0.2, 0.25) is 0 Å². The van der Waals surface area contributed by atoms with Crippen molar-refractivity contribution in [2.24, 2.45) is 0 Å². The van der Waals surface area contributed by atoms with Crippen LogP contribution in [0.25, 0.3) is 11.1 Å². The van der Waals surface area contributed by atoms with E-state index >= 15 is 0 Å². The van der Waals surface area contributed by atoms with Gasteiger partial charge < -0.3 is 0 Å². The highest BCUT2D eigenvalue weighted by molar-refractivity contribution is 5.67. The van der Waals surface area contributed by atoms with Gasteiger partial charge in [-0.3, -0.25) is 0 Å². The first-order chi connectivity index (χ1) is 9.42. The van der Waals surface area contributed by atoms with E-state index in [1.807, 2.05) is 0 Å². The predicted molar refractivity (Wildman–Crippen MR) is 81.8 cm³/mol. The highest BCUT2D eigenvalue weighted by Gasteiger charge is 2.03. The second kappa shape index (κ2) is 8.94. The Kier molecular flexibility index (Phi) is 7.05. The smallest absolute Gasteiger partial charge is 0.0462 e. The van der Waals surface area contributed by atoms with Gasteiger partial charge in [0.25, 0.3) is 0 Å². The third-order valence-electron chi connectivity index (χ3n) is 3.15. The zero-order valence-corrected chi connectivity index (χ0v) is 11.5. The molecule has 0 radical (unpaired) electrons. The second-order valence-corrected chi connectivity index (χ2v) is 4.48. The van der Waals surface area contributed by atoms with Gasteiger partial charge in [-0.25, -0.2) is 5.26 Å². The number of nitrogens with zero attached hydrogens (tertiary/aromatic N) is 1. The number of nitriles is 1. The van der Waals surface area contributed by atoms with Crippen LogP contribution in [0.4, 0.5) is 0 Å². The minimum absolute atomic E-state index is 1.19. The van der Waals surface area contributed by atoms with Crippen molar-refractivity contribution in [2.45, 2.75) is 32.6 Å². The summed E-state index contributed by atoms with van der Waals surface area (Å²) < 4.78 is 0. The quantitative estimate of drug-likeness (QED) is 0.668. The van der Waals surface area contributed by atoms with Gasteiger partial charge in [-0.2, -0.15) is 0 Å². The maximum atomic E-state index is 6.50. The molecule has 0 bridgehead atoms. The van der Waals surface area contributed by atoms with Gasteiger partial charge >= 0.3 is 0 Å². The lowest BCUT2D eigenvalue weighted by Crippen LogP contribution is -1.90. The SMILES string of the molecule is C#N.CCCCCc1ccccc1-c1ccccc1. The Morgan fingerprint density at radius 2 is 1.47 bits per heavy atom. The second-order valence-electron chi connectivity index (χ2n) is 4.48. The highest BCUT2D eigenvalue weighted by atomic mass is 14.2. The third kappa shape index (κ3) is 4.60. The third-order valence-corrected chi connectivity index (χ3v) is 3.15. The van der Waals surface area contributed by atoms with Crippen molar-refractivity contribution in [1.82, 2.24) is 0 Å². The van der Waals surface area contributed by atoms with Crippen molar-refractivity contribution in [3.8, 4) is 17.7 Å². The van der Waals surface area contributed by atoms with E-state index in [1.165, 1.54) is 42.4 Å². The fourth-order valence-electron chi connectivity index (χ4n) is 2.20. The molecular weight excluding hydrogens is 230 g/mol. The summed E-state index contributed by atoms with van der Waals surface area (Å²) in [4.78, 5) is 0. The van der Waals surface area contributed by atoms with Crippen molar-refractivity contribution >= 4 is 0 Å². The fourth-order valence-corrected chi connectivity index (χ4v) is 2.20. The Morgan fingerprint density at radius 1 is 0.842 bits per heavy atom. The molecule has 0 aliphatic heterocycles. The molecule has 0 heterocycles. The first kappa shape index (κ1) is 15.0. The summed E-state index contributed by atoms with van der Waals surface area (Å²) in [6.07, 6.45) is 5.09. The molecule has 0 fully saturated rings. The standard InChI is InChI=1S/C17H20.CHN/c1-2-3-5-10-15-13-8-9-14-17(15)16-11-6-4-7-12-16;1-2/h4,6-9,11-14H,2-3,5,10H2,1H3;1H. The first-order valence-electron chi connectivity index (χ1n) is 6.81. The molecule has 0 aliphatic rings. The molecular formula is C18H21N. The number of benzene rings is 2. The summed E-state index contributed by atoms with van der Waals surface area (Å²) in [5, 5.41) is 6.50. The van der Waals surface area contributed by atoms with Crippen LogP contribution < -0.4 is 0 Å². The van der Waals surface area contributed by atoms with E-state index in [1.54, 1.807) is 0 Å². The Morgan fingerprint density at radius 3 is 2.16 bits per heavy atom. The van der Waals surface area contributed by atoms with E-state index in [-0.39, 0.29) is 0 Å². The van der Waals surface area contributed by atoms with Crippen LogP contribution >= 0.6 is 0 Å². The fraction of sp³-hybridized carbons (Fsp3) is 0.278. The number of hydrogen-bond acceptors (Lipinski definition) is 1. The highest BCUT2D eigenvalue weighted by Crippen LogP contribution is 2.24. The van der Waals surface area contributed by atoms with Crippen molar-refractivity contribution in [2.75, 3.05) is 0 Å². The zero-order valence-electron chi connectivity index (χ0n) is 11.5. The molecule has 98 valence electrons. The van der Waals surface area contributed by atoms with E-state index in [9.17, 15) is 0 Å². The Labute approximate surface area is 116 Å². The molecule has 0 saturated carbocycles. The van der Waals surface area contributed by atoms with Crippen molar-refractivity contribution < 1.29 is 0 Å². The van der Waals surface area contributed by atoms with Gasteiger partial charge in [-0.1, -0.05) is 74.4 Å². The van der Waals surface area contributed by atoms with Crippen molar-refractivity contribution in [3.05, 3.63) is 60.2 Å². The van der Waals surface area contributed by atoms with Crippen LogP contribution in [0.3, 0.4) is 0 Å². The molecule has 2 aromatic carbocycles. The Hall–Kier alpha value is -2.07. The molecule has 0 spiro atoms. The van der Waals surface area contributed by atoms with Gasteiger partial charge in [-0.15, -0.1) is 0 Å². The van der Waals surface area contributed by atoms with E-state index in [2.05, 4.69) is 68.1 Å². The molecule has 2 rings (SSSR count). The van der Waals surface area contributed by atoms with E-state index in [0.717, 1.165) is 0 Å². The number of hydrogen-bond donors (Lipinski definition) is 0. The van der Waals surface area contributed by atoms with Crippen LogP contribution in [0.2, 0.25) is 0 Å². The number of rotatable bonds is 5. The summed E-state index contributed by atoms with van der Waals surface area (Å²) in [6.45, 7) is 5.75. The summed E-state index contributed by atoms with van der Waals surface area (Å²) in [7, 11) is 0. The summed E-state index contributed by atoms with van der Waals surface area (Å²) in [5.41, 5.74) is 4.20. The Balaban J connectivity index is 0.000000861. The average molecular weight is 251 g/mol. The van der Waals surface area contributed by atoms with Gasteiger partial charge in [0, 0.05) is 6.57 Å².